The van der Waals surface area contributed by atoms with Gasteiger partial charge in [-0.1, -0.05) is 23.2 Å². The lowest BCUT2D eigenvalue weighted by molar-refractivity contribution is 0.0510. The van der Waals surface area contributed by atoms with Crippen LogP contribution >= 0.6 is 23.2 Å². The van der Waals surface area contributed by atoms with Gasteiger partial charge in [-0.15, -0.1) is 0 Å². The summed E-state index contributed by atoms with van der Waals surface area (Å²) in [5, 5.41) is 4.36. The highest BCUT2D eigenvalue weighted by Gasteiger charge is 2.18. The van der Waals surface area contributed by atoms with Crippen molar-refractivity contribution in [3.8, 4) is 0 Å². The number of halogens is 2. The van der Waals surface area contributed by atoms with Gasteiger partial charge in [-0.3, -0.25) is 9.97 Å². The average molecular weight is 434 g/mol. The molecule has 7 nitrogen and oxygen atoms in total. The van der Waals surface area contributed by atoms with Crippen molar-refractivity contribution in [1.82, 2.24) is 9.97 Å². The van der Waals surface area contributed by atoms with E-state index in [0.29, 0.717) is 27.2 Å². The van der Waals surface area contributed by atoms with E-state index in [1.54, 1.807) is 31.2 Å². The maximum atomic E-state index is 12.3. The van der Waals surface area contributed by atoms with Gasteiger partial charge in [0.1, 0.15) is 12.2 Å². The van der Waals surface area contributed by atoms with E-state index in [4.69, 9.17) is 32.7 Å². The molecule has 0 amide bonds. The fourth-order valence-electron chi connectivity index (χ4n) is 2.65. The lowest BCUT2D eigenvalue weighted by atomic mass is 10.1. The van der Waals surface area contributed by atoms with Crippen LogP contribution in [0.15, 0.2) is 42.9 Å². The Morgan fingerprint density at radius 1 is 1.07 bits per heavy atom. The highest BCUT2D eigenvalue weighted by molar-refractivity contribution is 6.45. The first-order valence-electron chi connectivity index (χ1n) is 8.77. The van der Waals surface area contributed by atoms with E-state index in [2.05, 4.69) is 15.3 Å². The molecule has 0 saturated carbocycles. The summed E-state index contributed by atoms with van der Waals surface area (Å²) in [6, 6.07) is 6.47. The van der Waals surface area contributed by atoms with Gasteiger partial charge in [0.05, 0.1) is 33.4 Å². The number of hydrogen-bond donors (Lipinski definition) is 1. The van der Waals surface area contributed by atoms with E-state index in [0.717, 1.165) is 0 Å². The maximum absolute atomic E-state index is 12.3. The Kier molecular flexibility index (Phi) is 6.85. The Hall–Kier alpha value is -2.90. The molecule has 0 saturated heterocycles. The van der Waals surface area contributed by atoms with Crippen LogP contribution in [0.3, 0.4) is 0 Å². The SMILES string of the molecule is CCOC(=O)c1cnc2c(Cl)c(Cl)ccc2c1NCCOC(=O)c1ccncc1. The summed E-state index contributed by atoms with van der Waals surface area (Å²) in [6.07, 6.45) is 4.41. The van der Waals surface area contributed by atoms with Gasteiger partial charge in [-0.05, 0) is 31.2 Å². The minimum atomic E-state index is -0.524. The second kappa shape index (κ2) is 9.54. The molecule has 0 unspecified atom stereocenters. The smallest absolute Gasteiger partial charge is 0.341 e. The average Bonchev–Trinajstić information content (AvgIpc) is 2.74. The minimum absolute atomic E-state index is 0.0779. The number of fused-ring (bicyclic) bond motifs is 1. The Morgan fingerprint density at radius 3 is 2.55 bits per heavy atom. The molecule has 1 N–H and O–H groups in total. The van der Waals surface area contributed by atoms with Crippen LogP contribution in [0.5, 0.6) is 0 Å². The van der Waals surface area contributed by atoms with Crippen molar-refractivity contribution in [1.29, 1.82) is 0 Å². The van der Waals surface area contributed by atoms with Crippen molar-refractivity contribution in [3.63, 3.8) is 0 Å². The van der Waals surface area contributed by atoms with Crippen LogP contribution in [0.1, 0.15) is 27.6 Å². The predicted octanol–water partition coefficient (Wildman–Crippen LogP) is 4.38. The standard InChI is InChI=1S/C20H17Cl2N3O4/c1-2-28-20(27)14-11-25-18-13(3-4-15(21)16(18)22)17(14)24-9-10-29-19(26)12-5-7-23-8-6-12/h3-8,11H,2,9-10H2,1H3,(H,24,25). The molecule has 150 valence electrons. The molecule has 0 aliphatic carbocycles. The number of hydrogen-bond acceptors (Lipinski definition) is 7. The molecule has 2 heterocycles. The van der Waals surface area contributed by atoms with Crippen LogP contribution in [0.4, 0.5) is 5.69 Å². The van der Waals surface area contributed by atoms with Crippen molar-refractivity contribution in [3.05, 3.63) is 64.0 Å². The van der Waals surface area contributed by atoms with Gasteiger partial charge in [-0.2, -0.15) is 0 Å². The highest BCUT2D eigenvalue weighted by atomic mass is 35.5. The molecular weight excluding hydrogens is 417 g/mol. The number of anilines is 1. The monoisotopic (exact) mass is 433 g/mol. The molecule has 0 radical (unpaired) electrons. The van der Waals surface area contributed by atoms with E-state index in [1.807, 2.05) is 0 Å². The third-order valence-electron chi connectivity index (χ3n) is 3.98. The van der Waals surface area contributed by atoms with Crippen LogP contribution in [-0.2, 0) is 9.47 Å². The van der Waals surface area contributed by atoms with Gasteiger partial charge >= 0.3 is 11.9 Å². The fraction of sp³-hybridized carbons (Fsp3) is 0.200. The highest BCUT2D eigenvalue weighted by Crippen LogP contribution is 2.34. The van der Waals surface area contributed by atoms with Crippen molar-refractivity contribution in [2.24, 2.45) is 0 Å². The third-order valence-corrected chi connectivity index (χ3v) is 4.77. The minimum Gasteiger partial charge on any atom is -0.462 e. The van der Waals surface area contributed by atoms with E-state index in [1.165, 1.54) is 18.6 Å². The van der Waals surface area contributed by atoms with Crippen molar-refractivity contribution in [2.45, 2.75) is 6.92 Å². The zero-order valence-electron chi connectivity index (χ0n) is 15.4. The molecule has 3 rings (SSSR count). The topological polar surface area (TPSA) is 90.4 Å². The summed E-state index contributed by atoms with van der Waals surface area (Å²) in [5.41, 5.74) is 1.58. The second-order valence-corrected chi connectivity index (χ2v) is 6.61. The Balaban J connectivity index is 1.80. The number of rotatable bonds is 7. The summed E-state index contributed by atoms with van der Waals surface area (Å²) in [4.78, 5) is 32.5. The van der Waals surface area contributed by atoms with Crippen molar-refractivity contribution >= 4 is 51.7 Å². The number of pyridine rings is 2. The Morgan fingerprint density at radius 2 is 1.83 bits per heavy atom. The number of nitrogens with one attached hydrogen (secondary N) is 1. The Bertz CT molecular complexity index is 1040. The van der Waals surface area contributed by atoms with Crippen LogP contribution in [0.25, 0.3) is 10.9 Å². The molecule has 0 bridgehead atoms. The molecule has 1 aromatic carbocycles. The zero-order valence-corrected chi connectivity index (χ0v) is 17.0. The quantitative estimate of drug-likeness (QED) is 0.436. The largest absolute Gasteiger partial charge is 0.462 e. The lowest BCUT2D eigenvalue weighted by Crippen LogP contribution is -2.17. The molecule has 0 atom stereocenters. The molecule has 9 heteroatoms. The van der Waals surface area contributed by atoms with Gasteiger partial charge in [0.2, 0.25) is 0 Å². The molecule has 0 aliphatic heterocycles. The maximum Gasteiger partial charge on any atom is 0.341 e. The van der Waals surface area contributed by atoms with Crippen molar-refractivity contribution in [2.75, 3.05) is 25.1 Å². The van der Waals surface area contributed by atoms with E-state index >= 15 is 0 Å². The van der Waals surface area contributed by atoms with E-state index in [-0.39, 0.29) is 30.3 Å². The first kappa shape index (κ1) is 20.8. The molecule has 0 spiro atoms. The van der Waals surface area contributed by atoms with E-state index in [9.17, 15) is 9.59 Å². The molecule has 2 aromatic heterocycles. The zero-order chi connectivity index (χ0) is 20.8. The second-order valence-electron chi connectivity index (χ2n) is 5.82. The van der Waals surface area contributed by atoms with Gasteiger partial charge in [-0.25, -0.2) is 9.59 Å². The van der Waals surface area contributed by atoms with Gasteiger partial charge in [0.25, 0.3) is 0 Å². The third kappa shape index (κ3) is 4.75. The number of carbonyl (C=O) groups excluding carboxylic acids is 2. The van der Waals surface area contributed by atoms with Gasteiger partial charge in [0, 0.05) is 30.5 Å². The summed E-state index contributed by atoms with van der Waals surface area (Å²) in [6.45, 7) is 2.27. The summed E-state index contributed by atoms with van der Waals surface area (Å²) < 4.78 is 10.3. The number of ether oxygens (including phenoxy) is 2. The first-order chi connectivity index (χ1) is 14.0. The van der Waals surface area contributed by atoms with Crippen LogP contribution in [0, 0.1) is 0 Å². The number of carbonyl (C=O) groups is 2. The van der Waals surface area contributed by atoms with Gasteiger partial charge in [0.15, 0.2) is 0 Å². The normalized spacial score (nSPS) is 10.6. The van der Waals surface area contributed by atoms with Crippen LogP contribution in [-0.4, -0.2) is 41.7 Å². The molecule has 0 aliphatic rings. The number of nitrogens with zero attached hydrogens (tertiary/aromatic N) is 2. The molecular formula is C20H17Cl2N3O4. The predicted molar refractivity (Wildman–Crippen MR) is 111 cm³/mol. The molecule has 29 heavy (non-hydrogen) atoms. The van der Waals surface area contributed by atoms with Crippen LogP contribution < -0.4 is 5.32 Å². The van der Waals surface area contributed by atoms with Crippen molar-refractivity contribution < 1.29 is 19.1 Å². The summed E-state index contributed by atoms with van der Waals surface area (Å²) in [7, 11) is 0. The number of esters is 2. The summed E-state index contributed by atoms with van der Waals surface area (Å²) >= 11 is 12.3. The van der Waals surface area contributed by atoms with E-state index < -0.39 is 11.9 Å². The summed E-state index contributed by atoms with van der Waals surface area (Å²) in [5.74, 6) is -0.988. The first-order valence-corrected chi connectivity index (χ1v) is 9.53. The van der Waals surface area contributed by atoms with Gasteiger partial charge < -0.3 is 14.8 Å². The number of benzene rings is 1. The number of aromatic nitrogens is 2. The molecule has 3 aromatic rings. The molecule has 0 fully saturated rings. The van der Waals surface area contributed by atoms with Crippen LogP contribution in [0.2, 0.25) is 10.0 Å². The fourth-order valence-corrected chi connectivity index (χ4v) is 3.02. The lowest BCUT2D eigenvalue weighted by Gasteiger charge is -2.15. The Labute approximate surface area is 177 Å².